The number of hydrogen-bond acceptors (Lipinski definition) is 4. The van der Waals surface area contributed by atoms with Gasteiger partial charge in [0.15, 0.2) is 5.58 Å². The molecule has 0 unspecified atom stereocenters. The number of fused-ring (bicyclic) bond motifs is 6. The van der Waals surface area contributed by atoms with E-state index in [9.17, 15) is 0 Å². The molecule has 32 heavy (non-hydrogen) atoms. The number of hydrogen-bond donors (Lipinski definition) is 0. The number of rotatable bonds is 2. The molecule has 3 aromatic carbocycles. The van der Waals surface area contributed by atoms with Gasteiger partial charge in [-0.25, -0.2) is 0 Å². The van der Waals surface area contributed by atoms with Crippen molar-refractivity contribution in [2.45, 2.75) is 0 Å². The quantitative estimate of drug-likeness (QED) is 0.293. The molecule has 0 fully saturated rings. The smallest absolute Gasteiger partial charge is 0.161 e. The van der Waals surface area contributed by atoms with Crippen molar-refractivity contribution in [3.8, 4) is 22.3 Å². The normalized spacial score (nSPS) is 11.8. The fraction of sp³-hybridized carbons (Fsp3) is 0. The molecular weight excluding hydrogens is 396 g/mol. The van der Waals surface area contributed by atoms with Gasteiger partial charge in [-0.05, 0) is 71.3 Å². The molecule has 0 N–H and O–H groups in total. The molecule has 7 aromatic rings. The van der Waals surface area contributed by atoms with Crippen molar-refractivity contribution in [1.29, 1.82) is 0 Å². The van der Waals surface area contributed by atoms with E-state index < -0.39 is 0 Å². The van der Waals surface area contributed by atoms with E-state index in [2.05, 4.69) is 34.2 Å². The van der Waals surface area contributed by atoms with E-state index in [1.54, 1.807) is 0 Å². The summed E-state index contributed by atoms with van der Waals surface area (Å²) in [6.45, 7) is 0. The van der Waals surface area contributed by atoms with Gasteiger partial charge in [-0.1, -0.05) is 24.3 Å². The fourth-order valence-corrected chi connectivity index (χ4v) is 4.50. The van der Waals surface area contributed by atoms with Gasteiger partial charge in [0.2, 0.25) is 0 Å². The number of nitrogens with zero attached hydrogens (tertiary/aromatic N) is 2. The van der Waals surface area contributed by atoms with Crippen LogP contribution in [0.4, 0.5) is 0 Å². The molecule has 0 atom stereocenters. The molecule has 4 nitrogen and oxygen atoms in total. The van der Waals surface area contributed by atoms with E-state index in [0.29, 0.717) is 0 Å². The molecule has 0 aliphatic rings. The number of para-hydroxylation sites is 1. The van der Waals surface area contributed by atoms with Crippen molar-refractivity contribution in [2.75, 3.05) is 0 Å². The first-order valence-corrected chi connectivity index (χ1v) is 10.5. The Bertz CT molecular complexity index is 1780. The van der Waals surface area contributed by atoms with Crippen LogP contribution in [-0.2, 0) is 0 Å². The molecule has 0 saturated heterocycles. The van der Waals surface area contributed by atoms with Gasteiger partial charge in [0.1, 0.15) is 22.3 Å². The van der Waals surface area contributed by atoms with E-state index in [1.165, 1.54) is 0 Å². The van der Waals surface area contributed by atoms with E-state index in [0.717, 1.165) is 66.3 Å². The molecule has 0 aliphatic heterocycles. The molecule has 4 heterocycles. The first-order valence-electron chi connectivity index (χ1n) is 10.5. The third kappa shape index (κ3) is 2.50. The van der Waals surface area contributed by atoms with Gasteiger partial charge in [-0.2, -0.15) is 0 Å². The van der Waals surface area contributed by atoms with Gasteiger partial charge in [0.25, 0.3) is 0 Å². The summed E-state index contributed by atoms with van der Waals surface area (Å²) < 4.78 is 12.3. The standard InChI is InChI=1S/C28H16N2O2/c1-2-4-24-21(3-1)27-28(32-24)20(11-14-30-27)19-6-8-26-23(16-19)22-15-18(5-7-25(22)31-26)17-9-12-29-13-10-17/h1-16H. The Balaban J connectivity index is 1.47. The predicted octanol–water partition coefficient (Wildman–Crippen LogP) is 7.61. The zero-order valence-electron chi connectivity index (χ0n) is 16.9. The van der Waals surface area contributed by atoms with Gasteiger partial charge < -0.3 is 8.83 Å². The van der Waals surface area contributed by atoms with E-state index in [4.69, 9.17) is 8.83 Å². The van der Waals surface area contributed by atoms with Crippen molar-refractivity contribution in [3.05, 3.63) is 97.5 Å². The Morgan fingerprint density at radius 3 is 2.09 bits per heavy atom. The highest BCUT2D eigenvalue weighted by atomic mass is 16.3. The number of benzene rings is 3. The molecule has 0 amide bonds. The molecule has 0 saturated carbocycles. The third-order valence-electron chi connectivity index (χ3n) is 6.05. The van der Waals surface area contributed by atoms with Crippen LogP contribution in [0.25, 0.3) is 66.3 Å². The summed E-state index contributed by atoms with van der Waals surface area (Å²) in [6.07, 6.45) is 5.47. The average Bonchev–Trinajstić information content (AvgIpc) is 3.42. The lowest BCUT2D eigenvalue weighted by molar-refractivity contribution is 0.668. The Hall–Kier alpha value is -4.44. The zero-order valence-corrected chi connectivity index (χ0v) is 16.9. The first-order chi connectivity index (χ1) is 15.8. The van der Waals surface area contributed by atoms with Gasteiger partial charge in [0, 0.05) is 40.3 Å². The van der Waals surface area contributed by atoms with Crippen molar-refractivity contribution in [2.24, 2.45) is 0 Å². The molecule has 0 radical (unpaired) electrons. The largest absolute Gasteiger partial charge is 0.456 e. The maximum atomic E-state index is 6.20. The van der Waals surface area contributed by atoms with Gasteiger partial charge in [-0.3, -0.25) is 9.97 Å². The maximum Gasteiger partial charge on any atom is 0.161 e. The predicted molar refractivity (Wildman–Crippen MR) is 127 cm³/mol. The Morgan fingerprint density at radius 2 is 1.25 bits per heavy atom. The van der Waals surface area contributed by atoms with Crippen LogP contribution in [0.1, 0.15) is 0 Å². The second kappa shape index (κ2) is 6.53. The molecule has 0 bridgehead atoms. The number of aromatic nitrogens is 2. The van der Waals surface area contributed by atoms with E-state index in [1.807, 2.05) is 73.2 Å². The summed E-state index contributed by atoms with van der Waals surface area (Å²) in [6, 6.07) is 26.7. The van der Waals surface area contributed by atoms with Crippen molar-refractivity contribution < 1.29 is 8.83 Å². The van der Waals surface area contributed by atoms with Crippen molar-refractivity contribution in [3.63, 3.8) is 0 Å². The van der Waals surface area contributed by atoms with Crippen molar-refractivity contribution >= 4 is 44.0 Å². The minimum atomic E-state index is 0.804. The lowest BCUT2D eigenvalue weighted by Crippen LogP contribution is -1.82. The summed E-state index contributed by atoms with van der Waals surface area (Å²) >= 11 is 0. The highest BCUT2D eigenvalue weighted by molar-refractivity contribution is 6.10. The highest BCUT2D eigenvalue weighted by Gasteiger charge is 2.15. The van der Waals surface area contributed by atoms with Crippen LogP contribution in [0.3, 0.4) is 0 Å². The van der Waals surface area contributed by atoms with Gasteiger partial charge in [0.05, 0.1) is 0 Å². The summed E-state index contributed by atoms with van der Waals surface area (Å²) in [5.41, 5.74) is 8.63. The Morgan fingerprint density at radius 1 is 0.531 bits per heavy atom. The molecule has 4 aromatic heterocycles. The monoisotopic (exact) mass is 412 g/mol. The minimum Gasteiger partial charge on any atom is -0.456 e. The highest BCUT2D eigenvalue weighted by Crippen LogP contribution is 2.38. The van der Waals surface area contributed by atoms with Crippen LogP contribution in [0.2, 0.25) is 0 Å². The summed E-state index contributed by atoms with van der Waals surface area (Å²) in [5, 5.41) is 3.20. The first kappa shape index (κ1) is 17.3. The van der Waals surface area contributed by atoms with Crippen LogP contribution in [0, 0.1) is 0 Å². The Kier molecular flexibility index (Phi) is 3.52. The second-order valence-electron chi connectivity index (χ2n) is 7.89. The van der Waals surface area contributed by atoms with Gasteiger partial charge >= 0.3 is 0 Å². The van der Waals surface area contributed by atoms with E-state index >= 15 is 0 Å². The Labute approximate surface area is 182 Å². The van der Waals surface area contributed by atoms with Crippen LogP contribution in [-0.4, -0.2) is 9.97 Å². The van der Waals surface area contributed by atoms with Crippen LogP contribution >= 0.6 is 0 Å². The van der Waals surface area contributed by atoms with E-state index in [-0.39, 0.29) is 0 Å². The third-order valence-corrected chi connectivity index (χ3v) is 6.05. The molecule has 0 spiro atoms. The SMILES string of the molecule is c1ccc2c(c1)oc1c(-c3ccc4oc5ccc(-c6ccncc6)cc5c4c3)ccnc12. The van der Waals surface area contributed by atoms with Crippen LogP contribution in [0.15, 0.2) is 106 Å². The lowest BCUT2D eigenvalue weighted by atomic mass is 10.0. The summed E-state index contributed by atoms with van der Waals surface area (Å²) in [7, 11) is 0. The summed E-state index contributed by atoms with van der Waals surface area (Å²) in [5.74, 6) is 0. The maximum absolute atomic E-state index is 6.20. The molecule has 150 valence electrons. The molecule has 7 rings (SSSR count). The van der Waals surface area contributed by atoms with Crippen molar-refractivity contribution in [1.82, 2.24) is 9.97 Å². The molecule has 0 aliphatic carbocycles. The summed E-state index contributed by atoms with van der Waals surface area (Å²) in [4.78, 5) is 8.71. The minimum absolute atomic E-state index is 0.804. The number of furan rings is 2. The van der Waals surface area contributed by atoms with Gasteiger partial charge in [-0.15, -0.1) is 0 Å². The molecular formula is C28H16N2O2. The molecule has 4 heteroatoms. The number of pyridine rings is 2. The average molecular weight is 412 g/mol. The topological polar surface area (TPSA) is 52.1 Å². The van der Waals surface area contributed by atoms with Crippen LogP contribution in [0.5, 0.6) is 0 Å². The lowest BCUT2D eigenvalue weighted by Gasteiger charge is -2.03. The fourth-order valence-electron chi connectivity index (χ4n) is 4.50. The second-order valence-corrected chi connectivity index (χ2v) is 7.89. The van der Waals surface area contributed by atoms with Crippen LogP contribution < -0.4 is 0 Å². The zero-order chi connectivity index (χ0) is 21.1.